The van der Waals surface area contributed by atoms with Gasteiger partial charge < -0.3 is 9.64 Å². The van der Waals surface area contributed by atoms with Crippen LogP contribution in [0.25, 0.3) is 0 Å². The van der Waals surface area contributed by atoms with E-state index >= 15 is 0 Å². The van der Waals surface area contributed by atoms with Crippen molar-refractivity contribution < 1.29 is 17.9 Å². The van der Waals surface area contributed by atoms with Crippen molar-refractivity contribution in [2.75, 3.05) is 30.5 Å². The second-order valence-corrected chi connectivity index (χ2v) is 9.35. The van der Waals surface area contributed by atoms with Gasteiger partial charge in [-0.25, -0.2) is 8.42 Å². The van der Waals surface area contributed by atoms with Crippen LogP contribution >= 0.6 is 23.2 Å². The monoisotopic (exact) mass is 456 g/mol. The van der Waals surface area contributed by atoms with Crippen molar-refractivity contribution in [2.24, 2.45) is 0 Å². The number of anilines is 1. The molecule has 1 saturated heterocycles. The topological polar surface area (TPSA) is 66.9 Å². The smallest absolute Gasteiger partial charge is 0.265 e. The number of hydrogen-bond acceptors (Lipinski definition) is 4. The molecule has 1 aliphatic heterocycles. The van der Waals surface area contributed by atoms with E-state index in [9.17, 15) is 13.2 Å². The summed E-state index contributed by atoms with van der Waals surface area (Å²) in [5, 5.41) is 0.0807. The van der Waals surface area contributed by atoms with Crippen LogP contribution in [0, 0.1) is 0 Å². The van der Waals surface area contributed by atoms with E-state index in [1.54, 1.807) is 42.2 Å². The number of benzene rings is 2. The maximum absolute atomic E-state index is 13.4. The van der Waals surface area contributed by atoms with Gasteiger partial charge in [0.2, 0.25) is 0 Å². The number of carbonyl (C=O) groups is 1. The molecule has 1 amide bonds. The molecule has 0 aromatic heterocycles. The molecular formula is C20H22Cl2N2O4S. The molecular weight excluding hydrogens is 435 g/mol. The summed E-state index contributed by atoms with van der Waals surface area (Å²) in [5.74, 6) is -0.346. The number of halogens is 2. The van der Waals surface area contributed by atoms with Crippen LogP contribution in [0.15, 0.2) is 47.4 Å². The summed E-state index contributed by atoms with van der Waals surface area (Å²) < 4.78 is 33.4. The first-order valence-electron chi connectivity index (χ1n) is 9.23. The maximum Gasteiger partial charge on any atom is 0.265 e. The van der Waals surface area contributed by atoms with Crippen LogP contribution in [-0.4, -0.2) is 51.6 Å². The van der Waals surface area contributed by atoms with Gasteiger partial charge in [-0.1, -0.05) is 41.4 Å². The Labute approximate surface area is 181 Å². The fraction of sp³-hybridized carbons (Fsp3) is 0.350. The van der Waals surface area contributed by atoms with E-state index in [2.05, 4.69) is 0 Å². The zero-order valence-corrected chi connectivity index (χ0v) is 18.5. The van der Waals surface area contributed by atoms with Crippen LogP contribution in [-0.2, 0) is 14.8 Å². The first-order chi connectivity index (χ1) is 13.8. The van der Waals surface area contributed by atoms with E-state index < -0.39 is 10.0 Å². The molecule has 1 atom stereocenters. The van der Waals surface area contributed by atoms with Gasteiger partial charge >= 0.3 is 0 Å². The van der Waals surface area contributed by atoms with Gasteiger partial charge in [0.1, 0.15) is 4.90 Å². The lowest BCUT2D eigenvalue weighted by Gasteiger charge is -2.31. The molecule has 1 fully saturated rings. The van der Waals surface area contributed by atoms with Gasteiger partial charge in [-0.2, -0.15) is 0 Å². The first kappa shape index (κ1) is 21.9. The maximum atomic E-state index is 13.4. The van der Waals surface area contributed by atoms with Gasteiger partial charge in [-0.15, -0.1) is 0 Å². The molecule has 0 aliphatic carbocycles. The molecule has 0 radical (unpaired) electrons. The van der Waals surface area contributed by atoms with Crippen LogP contribution in [0.1, 0.15) is 24.2 Å². The number of rotatable bonds is 5. The number of para-hydroxylation sites is 1. The third kappa shape index (κ3) is 4.53. The Kier molecular flexibility index (Phi) is 6.73. The lowest BCUT2D eigenvalue weighted by atomic mass is 10.1. The predicted molar refractivity (Wildman–Crippen MR) is 114 cm³/mol. The lowest BCUT2D eigenvalue weighted by Crippen LogP contribution is -2.44. The first-order valence-corrected chi connectivity index (χ1v) is 11.4. The molecule has 2 aromatic rings. The minimum atomic E-state index is -4.00. The van der Waals surface area contributed by atoms with Crippen molar-refractivity contribution in [2.45, 2.75) is 24.8 Å². The molecule has 156 valence electrons. The van der Waals surface area contributed by atoms with Crippen molar-refractivity contribution in [3.8, 4) is 0 Å². The molecule has 1 heterocycles. The van der Waals surface area contributed by atoms with Crippen LogP contribution < -0.4 is 4.31 Å². The summed E-state index contributed by atoms with van der Waals surface area (Å²) in [6.07, 6.45) is -0.101. The molecule has 3 rings (SSSR count). The third-order valence-electron chi connectivity index (χ3n) is 4.68. The molecule has 2 aromatic carbocycles. The SMILES string of the molecule is CCN(c1ccccc1)S(=O)(=O)c1cc(C(=O)N2CCOC(C)C2)c(Cl)cc1Cl. The van der Waals surface area contributed by atoms with Gasteiger partial charge in [-0.3, -0.25) is 9.10 Å². The Hall–Kier alpha value is -1.80. The summed E-state index contributed by atoms with van der Waals surface area (Å²) in [4.78, 5) is 14.5. The minimum Gasteiger partial charge on any atom is -0.375 e. The standard InChI is InChI=1S/C20H22Cl2N2O4S/c1-3-24(15-7-5-4-6-8-15)29(26,27)19-11-16(17(21)12-18(19)22)20(25)23-9-10-28-14(2)13-23/h4-8,11-12,14H,3,9-10,13H2,1-2H3. The highest BCUT2D eigenvalue weighted by molar-refractivity contribution is 7.93. The molecule has 1 aliphatic rings. The summed E-state index contributed by atoms with van der Waals surface area (Å²) in [6, 6.07) is 11.3. The van der Waals surface area contributed by atoms with Gasteiger partial charge in [0.05, 0.1) is 34.0 Å². The number of sulfonamides is 1. The highest BCUT2D eigenvalue weighted by Crippen LogP contribution is 2.33. The van der Waals surface area contributed by atoms with Crippen LogP contribution in [0.5, 0.6) is 0 Å². The number of amides is 1. The third-order valence-corrected chi connectivity index (χ3v) is 7.36. The van der Waals surface area contributed by atoms with Crippen molar-refractivity contribution in [3.63, 3.8) is 0 Å². The normalized spacial score (nSPS) is 17.2. The van der Waals surface area contributed by atoms with Crippen molar-refractivity contribution in [1.29, 1.82) is 0 Å². The molecule has 0 N–H and O–H groups in total. The van der Waals surface area contributed by atoms with Gasteiger partial charge in [0, 0.05) is 19.6 Å². The number of carbonyl (C=O) groups excluding carboxylic acids is 1. The average Bonchev–Trinajstić information content (AvgIpc) is 2.68. The van der Waals surface area contributed by atoms with E-state index in [4.69, 9.17) is 27.9 Å². The Balaban J connectivity index is 2.03. The molecule has 9 heteroatoms. The average molecular weight is 457 g/mol. The zero-order valence-electron chi connectivity index (χ0n) is 16.1. The second-order valence-electron chi connectivity index (χ2n) is 6.70. The highest BCUT2D eigenvalue weighted by Gasteiger charge is 2.30. The summed E-state index contributed by atoms with van der Waals surface area (Å²) in [6.45, 7) is 5.05. The van der Waals surface area contributed by atoms with E-state index in [-0.39, 0.29) is 39.1 Å². The fourth-order valence-corrected chi connectivity index (χ4v) is 5.57. The summed E-state index contributed by atoms with van der Waals surface area (Å²) >= 11 is 12.5. The van der Waals surface area contributed by atoms with Crippen molar-refractivity contribution >= 4 is 44.8 Å². The Morgan fingerprint density at radius 2 is 1.90 bits per heavy atom. The molecule has 0 bridgehead atoms. The molecule has 6 nitrogen and oxygen atoms in total. The Bertz CT molecular complexity index is 999. The van der Waals surface area contributed by atoms with Gasteiger partial charge in [-0.05, 0) is 38.1 Å². The van der Waals surface area contributed by atoms with Gasteiger partial charge in [0.25, 0.3) is 15.9 Å². The molecule has 0 spiro atoms. The quantitative estimate of drug-likeness (QED) is 0.679. The number of morpholine rings is 1. The van der Waals surface area contributed by atoms with E-state index in [1.807, 2.05) is 6.92 Å². The lowest BCUT2D eigenvalue weighted by molar-refractivity contribution is -0.0124. The highest BCUT2D eigenvalue weighted by atomic mass is 35.5. The van der Waals surface area contributed by atoms with E-state index in [0.717, 1.165) is 0 Å². The zero-order chi connectivity index (χ0) is 21.2. The van der Waals surface area contributed by atoms with Crippen molar-refractivity contribution in [3.05, 3.63) is 58.1 Å². The molecule has 1 unspecified atom stereocenters. The van der Waals surface area contributed by atoms with Gasteiger partial charge in [0.15, 0.2) is 0 Å². The Morgan fingerprint density at radius 1 is 1.21 bits per heavy atom. The van der Waals surface area contributed by atoms with Crippen LogP contribution in [0.3, 0.4) is 0 Å². The summed E-state index contributed by atoms with van der Waals surface area (Å²) in [5.41, 5.74) is 0.615. The largest absolute Gasteiger partial charge is 0.375 e. The number of hydrogen-bond donors (Lipinski definition) is 0. The minimum absolute atomic E-state index is 0.0312. The number of nitrogens with zero attached hydrogens (tertiary/aromatic N) is 2. The second kappa shape index (κ2) is 8.92. The van der Waals surface area contributed by atoms with E-state index in [0.29, 0.717) is 25.4 Å². The van der Waals surface area contributed by atoms with E-state index in [1.165, 1.54) is 16.4 Å². The molecule has 29 heavy (non-hydrogen) atoms. The van der Waals surface area contributed by atoms with Crippen LogP contribution in [0.2, 0.25) is 10.0 Å². The molecule has 0 saturated carbocycles. The summed E-state index contributed by atoms with van der Waals surface area (Å²) in [7, 11) is -4.00. The Morgan fingerprint density at radius 3 is 2.52 bits per heavy atom. The van der Waals surface area contributed by atoms with Crippen molar-refractivity contribution in [1.82, 2.24) is 4.90 Å². The van der Waals surface area contributed by atoms with Crippen LogP contribution in [0.4, 0.5) is 5.69 Å². The number of ether oxygens (including phenoxy) is 1. The fourth-order valence-electron chi connectivity index (χ4n) is 3.27. The predicted octanol–water partition coefficient (Wildman–Crippen LogP) is 4.07.